The van der Waals surface area contributed by atoms with E-state index in [0.717, 1.165) is 0 Å². The normalized spacial score (nSPS) is 11.0. The van der Waals surface area contributed by atoms with E-state index in [1.54, 1.807) is 31.2 Å². The van der Waals surface area contributed by atoms with Crippen LogP contribution in [0.5, 0.6) is 0 Å². The van der Waals surface area contributed by atoms with Crippen LogP contribution >= 0.6 is 34.8 Å². The van der Waals surface area contributed by atoms with E-state index >= 15 is 0 Å². The summed E-state index contributed by atoms with van der Waals surface area (Å²) < 4.78 is 10.4. The van der Waals surface area contributed by atoms with E-state index in [0.29, 0.717) is 38.8 Å². The van der Waals surface area contributed by atoms with Crippen LogP contribution < -0.4 is 0 Å². The van der Waals surface area contributed by atoms with Crippen molar-refractivity contribution in [2.75, 3.05) is 6.61 Å². The van der Waals surface area contributed by atoms with Gasteiger partial charge in [0.15, 0.2) is 0 Å². The molecule has 0 saturated carbocycles. The molecule has 0 radical (unpaired) electrons. The molecular formula is C15H11Cl3O3. The van der Waals surface area contributed by atoms with E-state index < -0.39 is 5.97 Å². The van der Waals surface area contributed by atoms with Gasteiger partial charge < -0.3 is 9.15 Å². The highest BCUT2D eigenvalue weighted by Gasteiger charge is 2.13. The van der Waals surface area contributed by atoms with E-state index in [1.807, 2.05) is 0 Å². The number of furan rings is 1. The predicted octanol–water partition coefficient (Wildman–Crippen LogP) is 5.48. The van der Waals surface area contributed by atoms with Crippen molar-refractivity contribution in [2.24, 2.45) is 0 Å². The van der Waals surface area contributed by atoms with Crippen molar-refractivity contribution in [3.05, 3.63) is 51.2 Å². The van der Waals surface area contributed by atoms with Crippen molar-refractivity contribution in [2.45, 2.75) is 6.92 Å². The van der Waals surface area contributed by atoms with Gasteiger partial charge in [0.05, 0.1) is 22.2 Å². The summed E-state index contributed by atoms with van der Waals surface area (Å²) in [7, 11) is 0. The maximum absolute atomic E-state index is 11.2. The van der Waals surface area contributed by atoms with E-state index in [4.69, 9.17) is 44.0 Å². The fourth-order valence-electron chi connectivity index (χ4n) is 1.69. The average Bonchev–Trinajstić information content (AvgIpc) is 2.84. The van der Waals surface area contributed by atoms with Crippen molar-refractivity contribution in [3.63, 3.8) is 0 Å². The van der Waals surface area contributed by atoms with Crippen LogP contribution in [-0.4, -0.2) is 12.6 Å². The molecule has 0 aliphatic heterocycles. The van der Waals surface area contributed by atoms with Crippen LogP contribution in [0.1, 0.15) is 12.7 Å². The highest BCUT2D eigenvalue weighted by atomic mass is 35.5. The summed E-state index contributed by atoms with van der Waals surface area (Å²) in [6.45, 7) is 2.06. The van der Waals surface area contributed by atoms with Crippen LogP contribution in [0.2, 0.25) is 15.1 Å². The predicted molar refractivity (Wildman–Crippen MR) is 84.8 cm³/mol. The van der Waals surface area contributed by atoms with E-state index in [1.165, 1.54) is 12.2 Å². The number of carbonyl (C=O) groups excluding carboxylic acids is 1. The zero-order valence-electron chi connectivity index (χ0n) is 11.0. The Kier molecular flexibility index (Phi) is 5.34. The number of esters is 1. The molecule has 0 unspecified atom stereocenters. The molecule has 21 heavy (non-hydrogen) atoms. The second-order valence-corrected chi connectivity index (χ2v) is 5.28. The minimum absolute atomic E-state index is 0.322. The summed E-state index contributed by atoms with van der Waals surface area (Å²) in [6.07, 6.45) is 2.80. The van der Waals surface area contributed by atoms with Gasteiger partial charge in [0.1, 0.15) is 11.5 Å². The molecule has 0 aliphatic rings. The van der Waals surface area contributed by atoms with E-state index in [2.05, 4.69) is 0 Å². The number of halogens is 3. The van der Waals surface area contributed by atoms with Gasteiger partial charge in [0.2, 0.25) is 0 Å². The number of hydrogen-bond acceptors (Lipinski definition) is 3. The van der Waals surface area contributed by atoms with Crippen LogP contribution in [0, 0.1) is 0 Å². The third-order valence-electron chi connectivity index (χ3n) is 2.55. The van der Waals surface area contributed by atoms with Gasteiger partial charge in [-0.25, -0.2) is 4.79 Å². The van der Waals surface area contributed by atoms with Gasteiger partial charge in [0.25, 0.3) is 0 Å². The molecule has 0 bridgehead atoms. The standard InChI is InChI=1S/C15H11Cl3O3/c1-2-20-14(19)6-4-10-3-5-13(21-10)15-11(17)7-9(16)8-12(15)18/h3-8H,2H2,1H3/b6-4+. The van der Waals surface area contributed by atoms with Crippen molar-refractivity contribution in [3.8, 4) is 11.3 Å². The first kappa shape index (κ1) is 16.0. The lowest BCUT2D eigenvalue weighted by Gasteiger charge is -2.04. The number of rotatable bonds is 4. The molecule has 0 amide bonds. The first-order valence-electron chi connectivity index (χ1n) is 6.11. The minimum Gasteiger partial charge on any atom is -0.463 e. The summed E-state index contributed by atoms with van der Waals surface area (Å²) in [5, 5.41) is 1.23. The summed E-state index contributed by atoms with van der Waals surface area (Å²) in [5.74, 6) is 0.545. The lowest BCUT2D eigenvalue weighted by molar-refractivity contribution is -0.137. The summed E-state index contributed by atoms with van der Waals surface area (Å²) in [5.41, 5.74) is 0.554. The molecule has 1 aromatic heterocycles. The van der Waals surface area contributed by atoms with Crippen LogP contribution in [0.3, 0.4) is 0 Å². The Balaban J connectivity index is 2.27. The molecule has 1 heterocycles. The van der Waals surface area contributed by atoms with Crippen molar-refractivity contribution < 1.29 is 13.9 Å². The summed E-state index contributed by atoms with van der Waals surface area (Å²) >= 11 is 18.1. The highest BCUT2D eigenvalue weighted by molar-refractivity contribution is 6.41. The zero-order chi connectivity index (χ0) is 15.4. The number of benzene rings is 1. The molecule has 0 atom stereocenters. The molecule has 6 heteroatoms. The largest absolute Gasteiger partial charge is 0.463 e. The third-order valence-corrected chi connectivity index (χ3v) is 3.36. The molecular weight excluding hydrogens is 335 g/mol. The zero-order valence-corrected chi connectivity index (χ0v) is 13.3. The van der Waals surface area contributed by atoms with Gasteiger partial charge in [-0.2, -0.15) is 0 Å². The van der Waals surface area contributed by atoms with Gasteiger partial charge in [0, 0.05) is 11.1 Å². The molecule has 0 aliphatic carbocycles. The maximum Gasteiger partial charge on any atom is 0.330 e. The highest BCUT2D eigenvalue weighted by Crippen LogP contribution is 2.38. The molecule has 2 rings (SSSR count). The summed E-state index contributed by atoms with van der Waals surface area (Å²) in [4.78, 5) is 11.2. The molecule has 0 spiro atoms. The molecule has 1 aromatic carbocycles. The monoisotopic (exact) mass is 344 g/mol. The second kappa shape index (κ2) is 7.03. The Hall–Kier alpha value is -1.42. The maximum atomic E-state index is 11.2. The third kappa shape index (κ3) is 4.03. The van der Waals surface area contributed by atoms with Crippen LogP contribution in [0.25, 0.3) is 17.4 Å². The number of carbonyl (C=O) groups is 1. The minimum atomic E-state index is -0.432. The lowest BCUT2D eigenvalue weighted by Crippen LogP contribution is -1.98. The topological polar surface area (TPSA) is 39.4 Å². The van der Waals surface area contributed by atoms with Crippen LogP contribution in [0.4, 0.5) is 0 Å². The van der Waals surface area contributed by atoms with Gasteiger partial charge >= 0.3 is 5.97 Å². The lowest BCUT2D eigenvalue weighted by atomic mass is 10.2. The van der Waals surface area contributed by atoms with Gasteiger partial charge in [-0.05, 0) is 37.3 Å². The summed E-state index contributed by atoms with van der Waals surface area (Å²) in [6, 6.07) is 6.58. The van der Waals surface area contributed by atoms with Gasteiger partial charge in [-0.3, -0.25) is 0 Å². The van der Waals surface area contributed by atoms with Crippen molar-refractivity contribution >= 4 is 46.8 Å². The Bertz CT molecular complexity index is 666. The number of ether oxygens (including phenoxy) is 1. The fourth-order valence-corrected chi connectivity index (χ4v) is 2.70. The van der Waals surface area contributed by atoms with Crippen molar-refractivity contribution in [1.82, 2.24) is 0 Å². The first-order valence-corrected chi connectivity index (χ1v) is 7.24. The molecule has 0 N–H and O–H groups in total. The molecule has 0 fully saturated rings. The molecule has 2 aromatic rings. The van der Waals surface area contributed by atoms with E-state index in [9.17, 15) is 4.79 Å². The quantitative estimate of drug-likeness (QED) is 0.544. The number of hydrogen-bond donors (Lipinski definition) is 0. The Morgan fingerprint density at radius 3 is 2.52 bits per heavy atom. The van der Waals surface area contributed by atoms with Crippen molar-refractivity contribution in [1.29, 1.82) is 0 Å². The Labute approximate surface area is 137 Å². The average molecular weight is 346 g/mol. The first-order chi connectivity index (χ1) is 10.0. The fraction of sp³-hybridized carbons (Fsp3) is 0.133. The Morgan fingerprint density at radius 1 is 1.24 bits per heavy atom. The SMILES string of the molecule is CCOC(=O)/C=C/c1ccc(-c2c(Cl)cc(Cl)cc2Cl)o1. The Morgan fingerprint density at radius 2 is 1.90 bits per heavy atom. The molecule has 3 nitrogen and oxygen atoms in total. The van der Waals surface area contributed by atoms with Crippen LogP contribution in [-0.2, 0) is 9.53 Å². The van der Waals surface area contributed by atoms with Gasteiger partial charge in [-0.1, -0.05) is 34.8 Å². The second-order valence-electron chi connectivity index (χ2n) is 4.03. The molecule has 110 valence electrons. The smallest absolute Gasteiger partial charge is 0.330 e. The van der Waals surface area contributed by atoms with Crippen LogP contribution in [0.15, 0.2) is 34.8 Å². The van der Waals surface area contributed by atoms with E-state index in [-0.39, 0.29) is 0 Å². The molecule has 0 saturated heterocycles. The van der Waals surface area contributed by atoms with Gasteiger partial charge in [-0.15, -0.1) is 0 Å².